The molecule has 15 heteroatoms. The number of nitriles is 1. The van der Waals surface area contributed by atoms with Crippen LogP contribution >= 0.6 is 0 Å². The van der Waals surface area contributed by atoms with Gasteiger partial charge in [0.1, 0.15) is 37.4 Å². The number of rotatable bonds is 47. The third-order valence-corrected chi connectivity index (χ3v) is 15.7. The summed E-state index contributed by atoms with van der Waals surface area (Å²) in [6, 6.07) is 3.90. The van der Waals surface area contributed by atoms with Crippen LogP contribution < -0.4 is 4.90 Å². The van der Waals surface area contributed by atoms with Gasteiger partial charge in [0.2, 0.25) is 5.91 Å². The van der Waals surface area contributed by atoms with E-state index in [1.54, 1.807) is 4.90 Å². The molecule has 1 aliphatic heterocycles. The maximum Gasteiger partial charge on any atom is 0.307 e. The number of anilines is 1. The molecule has 442 valence electrons. The minimum Gasteiger partial charge on any atom is -0.462 e. The first-order chi connectivity index (χ1) is 38.0. The van der Waals surface area contributed by atoms with Gasteiger partial charge >= 0.3 is 23.9 Å². The quantitative estimate of drug-likeness (QED) is 0.0347. The van der Waals surface area contributed by atoms with E-state index in [0.717, 1.165) is 81.8 Å². The van der Waals surface area contributed by atoms with Gasteiger partial charge in [0.25, 0.3) is 0 Å². The van der Waals surface area contributed by atoms with Gasteiger partial charge in [-0.15, -0.1) is 0 Å². The fourth-order valence-corrected chi connectivity index (χ4v) is 10.7. The van der Waals surface area contributed by atoms with Gasteiger partial charge in [-0.1, -0.05) is 201 Å². The van der Waals surface area contributed by atoms with Crippen LogP contribution in [0.1, 0.15) is 278 Å². The molecule has 1 saturated heterocycles. The van der Waals surface area contributed by atoms with Crippen LogP contribution in [0.15, 0.2) is 18.6 Å². The zero-order valence-electron chi connectivity index (χ0n) is 49.6. The number of hydrogen-bond donors (Lipinski definition) is 0. The van der Waals surface area contributed by atoms with E-state index in [9.17, 15) is 24.0 Å². The van der Waals surface area contributed by atoms with Gasteiger partial charge in [-0.2, -0.15) is 5.26 Å². The number of ether oxygens (including phenoxy) is 4. The second kappa shape index (κ2) is 43.1. The van der Waals surface area contributed by atoms with Gasteiger partial charge in [-0.3, -0.25) is 28.5 Å². The maximum atomic E-state index is 13.0. The minimum atomic E-state index is -0.854. The fraction of sp³-hybridized carbons (Fsp3) is 0.810. The third kappa shape index (κ3) is 29.5. The number of hydrogen-bond acceptors (Lipinski definition) is 13. The Balaban J connectivity index is 1.34. The van der Waals surface area contributed by atoms with Crippen molar-refractivity contribution in [1.82, 2.24) is 19.4 Å². The van der Waals surface area contributed by atoms with Crippen molar-refractivity contribution in [1.29, 1.82) is 5.26 Å². The molecule has 0 spiro atoms. The van der Waals surface area contributed by atoms with Crippen LogP contribution in [0.2, 0.25) is 0 Å². The molecule has 1 amide bonds. The highest BCUT2D eigenvalue weighted by Gasteiger charge is 2.33. The fourth-order valence-electron chi connectivity index (χ4n) is 10.7. The largest absolute Gasteiger partial charge is 0.462 e. The van der Waals surface area contributed by atoms with Crippen molar-refractivity contribution >= 4 is 46.6 Å². The van der Waals surface area contributed by atoms with E-state index in [0.29, 0.717) is 50.3 Å². The minimum absolute atomic E-state index is 0.00734. The second-order valence-electron chi connectivity index (χ2n) is 22.5. The molecule has 78 heavy (non-hydrogen) atoms. The Morgan fingerprint density at radius 1 is 0.615 bits per heavy atom. The zero-order valence-corrected chi connectivity index (χ0v) is 49.6. The third-order valence-electron chi connectivity index (χ3n) is 15.7. The summed E-state index contributed by atoms with van der Waals surface area (Å²) in [4.78, 5) is 76.9. The van der Waals surface area contributed by atoms with Crippen LogP contribution in [0.25, 0.3) is 11.0 Å². The lowest BCUT2D eigenvalue weighted by Gasteiger charge is -2.42. The lowest BCUT2D eigenvalue weighted by atomic mass is 9.92. The summed E-state index contributed by atoms with van der Waals surface area (Å²) in [5.41, 5.74) is 0.644. The van der Waals surface area contributed by atoms with Gasteiger partial charge in [0, 0.05) is 52.0 Å². The maximum absolute atomic E-state index is 13.0. The molecule has 0 radical (unpaired) electrons. The number of esters is 4. The van der Waals surface area contributed by atoms with Crippen molar-refractivity contribution in [3.63, 3.8) is 0 Å². The van der Waals surface area contributed by atoms with Crippen LogP contribution in [0, 0.1) is 17.2 Å². The molecule has 15 nitrogen and oxygen atoms in total. The first kappa shape index (κ1) is 67.5. The summed E-state index contributed by atoms with van der Waals surface area (Å²) >= 11 is 0. The molecule has 0 bridgehead atoms. The number of fused-ring (bicyclic) bond motifs is 1. The van der Waals surface area contributed by atoms with Gasteiger partial charge in [-0.05, 0) is 51.0 Å². The summed E-state index contributed by atoms with van der Waals surface area (Å²) < 4.78 is 24.5. The van der Waals surface area contributed by atoms with Crippen LogP contribution in [0.3, 0.4) is 0 Å². The lowest BCUT2D eigenvalue weighted by Crippen LogP contribution is -2.52. The van der Waals surface area contributed by atoms with Crippen LogP contribution in [-0.4, -0.2) is 94.7 Å². The number of nitrogens with zero attached hydrogens (tertiary/aromatic N) is 6. The summed E-state index contributed by atoms with van der Waals surface area (Å²) in [6.07, 6.45) is 40.4. The number of likely N-dealkylation sites (tertiary alicyclic amines) is 1. The predicted octanol–water partition coefficient (Wildman–Crippen LogP) is 15.2. The highest BCUT2D eigenvalue weighted by atomic mass is 16.6. The average molecular weight is 1090 g/mol. The smallest absolute Gasteiger partial charge is 0.307 e. The predicted molar refractivity (Wildman–Crippen MR) is 310 cm³/mol. The number of aromatic nitrogens is 3. The molecule has 0 aromatic carbocycles. The molecule has 3 heterocycles. The average Bonchev–Trinajstić information content (AvgIpc) is 3.90. The molecule has 1 unspecified atom stereocenters. The molecule has 1 aliphatic rings. The Hall–Kier alpha value is -4.74. The molecule has 0 aliphatic carbocycles. The molecular formula is C63H106N6O9. The molecule has 0 saturated carbocycles. The van der Waals surface area contributed by atoms with E-state index in [2.05, 4.69) is 35.6 Å². The molecule has 0 N–H and O–H groups in total. The number of amides is 1. The molecule has 3 atom stereocenters. The van der Waals surface area contributed by atoms with E-state index in [-0.39, 0.29) is 62.3 Å². The normalized spacial score (nSPS) is 14.8. The van der Waals surface area contributed by atoms with Crippen molar-refractivity contribution in [2.45, 2.75) is 290 Å². The van der Waals surface area contributed by atoms with Gasteiger partial charge in [0.05, 0.1) is 17.5 Å². The Kier molecular flexibility index (Phi) is 37.3. The van der Waals surface area contributed by atoms with Gasteiger partial charge in [0.15, 0.2) is 12.3 Å². The first-order valence-corrected chi connectivity index (χ1v) is 31.4. The molecule has 2 aromatic rings. The number of likely N-dealkylation sites (N-methyl/N-ethyl adjacent to an activating group) is 1. The second-order valence-corrected chi connectivity index (χ2v) is 22.5. The van der Waals surface area contributed by atoms with E-state index in [1.165, 1.54) is 135 Å². The summed E-state index contributed by atoms with van der Waals surface area (Å²) in [6.45, 7) is 9.36. The number of carbonyl (C=O) groups is 5. The standard InChI is InChI=1S/C63H106N6O9/c1-6-8-10-12-14-16-18-20-22-24-26-30-34-38-58(71)75-49-54(50-76-59(72)39-35-31-27-25-23-21-19-17-15-13-11-9-7-2)78-61(74)41-37-33-29-28-32-36-40-60(73)77-53(4)69-47-44-55-62(65-51-66-63(55)69)67(5)56-48-68(46-43-52(56)3)57(70)42-45-64/h44,47,51-54,56H,6-43,46,48-50H2,1-5H3/t52-,53?,56+/m1/s1. The van der Waals surface area contributed by atoms with E-state index in [4.69, 9.17) is 24.2 Å². The SMILES string of the molecule is CCCCCCCCCCCCCCCC(=O)OCC(COC(=O)CCCCCCCCCCCCCCC)OC(=O)CCCCCCCCC(=O)OC(C)n1ccc2c(N(C)[C@H]3CN(C(=O)CC#N)CC[C@H]3C)ncnc21. The molecule has 3 rings (SSSR count). The summed E-state index contributed by atoms with van der Waals surface area (Å²) in [5, 5.41) is 9.88. The van der Waals surface area contributed by atoms with E-state index < -0.39 is 18.3 Å². The monoisotopic (exact) mass is 1090 g/mol. The molecule has 1 fully saturated rings. The topological polar surface area (TPSA) is 183 Å². The Bertz CT molecular complexity index is 1940. The van der Waals surface area contributed by atoms with Crippen molar-refractivity contribution in [3.05, 3.63) is 18.6 Å². The lowest BCUT2D eigenvalue weighted by molar-refractivity contribution is -0.167. The van der Waals surface area contributed by atoms with Crippen molar-refractivity contribution < 1.29 is 42.9 Å². The van der Waals surface area contributed by atoms with Crippen LogP contribution in [0.5, 0.6) is 0 Å². The Morgan fingerprint density at radius 3 is 1.46 bits per heavy atom. The van der Waals surface area contributed by atoms with Gasteiger partial charge < -0.3 is 28.7 Å². The number of carbonyl (C=O) groups excluding carboxylic acids is 5. The number of piperidine rings is 1. The van der Waals surface area contributed by atoms with Crippen molar-refractivity contribution in [2.75, 3.05) is 38.3 Å². The molecular weight excluding hydrogens is 985 g/mol. The van der Waals surface area contributed by atoms with E-state index >= 15 is 0 Å². The van der Waals surface area contributed by atoms with Crippen LogP contribution in [0.4, 0.5) is 5.82 Å². The van der Waals surface area contributed by atoms with Gasteiger partial charge in [-0.25, -0.2) is 9.97 Å². The molecule has 2 aromatic heterocycles. The number of unbranched alkanes of at least 4 members (excludes halogenated alkanes) is 29. The Labute approximate surface area is 471 Å². The first-order valence-electron chi connectivity index (χ1n) is 31.4. The summed E-state index contributed by atoms with van der Waals surface area (Å²) in [5.74, 6) is -0.465. The highest BCUT2D eigenvalue weighted by molar-refractivity contribution is 5.88. The highest BCUT2D eigenvalue weighted by Crippen LogP contribution is 2.31. The van der Waals surface area contributed by atoms with E-state index in [1.807, 2.05) is 36.9 Å². The zero-order chi connectivity index (χ0) is 56.4. The van der Waals surface area contributed by atoms with Crippen molar-refractivity contribution in [2.24, 2.45) is 5.92 Å². The van der Waals surface area contributed by atoms with Crippen molar-refractivity contribution in [3.8, 4) is 6.07 Å². The Morgan fingerprint density at radius 2 is 1.03 bits per heavy atom. The summed E-state index contributed by atoms with van der Waals surface area (Å²) in [7, 11) is 1.97. The van der Waals surface area contributed by atoms with Crippen LogP contribution in [-0.2, 0) is 42.9 Å².